The van der Waals surface area contributed by atoms with Crippen molar-refractivity contribution in [2.24, 2.45) is 15.4 Å². The zero-order valence-electron chi connectivity index (χ0n) is 13.1. The lowest BCUT2D eigenvalue weighted by Gasteiger charge is -2.33. The maximum atomic E-state index is 11.1. The first kappa shape index (κ1) is 16.5. The number of non-ortho nitro benzene ring substituents is 1. The number of alkyl halides is 1. The predicted molar refractivity (Wildman–Crippen MR) is 99.2 cm³/mol. The van der Waals surface area contributed by atoms with Gasteiger partial charge in [-0.05, 0) is 5.56 Å². The molecule has 2 aromatic carbocycles. The lowest BCUT2D eigenvalue weighted by Crippen LogP contribution is -2.32. The summed E-state index contributed by atoms with van der Waals surface area (Å²) < 4.78 is 0. The minimum atomic E-state index is -0.381. The van der Waals surface area contributed by atoms with Crippen LogP contribution in [-0.4, -0.2) is 22.3 Å². The van der Waals surface area contributed by atoms with Crippen molar-refractivity contribution in [3.8, 4) is 0 Å². The monoisotopic (exact) mass is 385 g/mol. The summed E-state index contributed by atoms with van der Waals surface area (Å²) in [5.41, 5.74) is 1.46. The van der Waals surface area contributed by atoms with Crippen molar-refractivity contribution in [1.82, 2.24) is 0 Å². The van der Waals surface area contributed by atoms with Crippen molar-refractivity contribution in [1.29, 1.82) is 0 Å². The van der Waals surface area contributed by atoms with Gasteiger partial charge < -0.3 is 0 Å². The zero-order chi connectivity index (χ0) is 17.2. The van der Waals surface area contributed by atoms with Gasteiger partial charge >= 0.3 is 0 Å². The van der Waals surface area contributed by atoms with E-state index < -0.39 is 0 Å². The summed E-state index contributed by atoms with van der Waals surface area (Å²) in [6.07, 6.45) is 1.89. The van der Waals surface area contributed by atoms with E-state index in [0.717, 1.165) is 11.1 Å². The molecule has 1 aliphatic rings. The van der Waals surface area contributed by atoms with Gasteiger partial charge in [0.15, 0.2) is 5.84 Å². The summed E-state index contributed by atoms with van der Waals surface area (Å²) in [6, 6.07) is 16.2. The number of aliphatic imine (C=N–C) groups is 2. The minimum Gasteiger partial charge on any atom is -0.258 e. The van der Waals surface area contributed by atoms with E-state index in [0.29, 0.717) is 11.2 Å². The third-order valence-electron chi connectivity index (χ3n) is 4.07. The molecule has 0 saturated carbocycles. The molecule has 0 spiro atoms. The van der Waals surface area contributed by atoms with Crippen molar-refractivity contribution < 1.29 is 4.92 Å². The van der Waals surface area contributed by atoms with Crippen LogP contribution in [0.2, 0.25) is 0 Å². The summed E-state index contributed by atoms with van der Waals surface area (Å²) in [4.78, 5) is 20.0. The smallest absolute Gasteiger partial charge is 0.258 e. The molecular weight excluding hydrogens is 370 g/mol. The van der Waals surface area contributed by atoms with E-state index in [1.165, 1.54) is 6.07 Å². The summed E-state index contributed by atoms with van der Waals surface area (Å²) in [6.45, 7) is 2.04. The summed E-state index contributed by atoms with van der Waals surface area (Å²) >= 11 is 3.53. The molecule has 0 saturated heterocycles. The van der Waals surface area contributed by atoms with Gasteiger partial charge in [-0.3, -0.25) is 15.1 Å². The summed E-state index contributed by atoms with van der Waals surface area (Å²) in [5, 5.41) is 11.7. The van der Waals surface area contributed by atoms with Crippen LogP contribution < -0.4 is 0 Å². The first-order chi connectivity index (χ1) is 11.5. The number of rotatable bonds is 4. The number of halogens is 1. The molecule has 0 aliphatic carbocycles. The Balaban J connectivity index is 2.07. The van der Waals surface area contributed by atoms with Crippen LogP contribution in [0.1, 0.15) is 24.1 Å². The van der Waals surface area contributed by atoms with E-state index in [-0.39, 0.29) is 22.1 Å². The van der Waals surface area contributed by atoms with Crippen molar-refractivity contribution in [3.63, 3.8) is 0 Å². The Labute approximate surface area is 148 Å². The number of benzene rings is 2. The van der Waals surface area contributed by atoms with Crippen molar-refractivity contribution >= 4 is 33.7 Å². The quantitative estimate of drug-likeness (QED) is 0.439. The molecule has 0 fully saturated rings. The van der Waals surface area contributed by atoms with Crippen molar-refractivity contribution in [2.45, 2.75) is 13.0 Å². The Morgan fingerprint density at radius 3 is 2.62 bits per heavy atom. The maximum absolute atomic E-state index is 11.1. The van der Waals surface area contributed by atoms with Crippen LogP contribution in [0, 0.1) is 15.5 Å². The van der Waals surface area contributed by atoms with E-state index in [1.807, 2.05) is 49.5 Å². The van der Waals surface area contributed by atoms with Crippen LogP contribution in [0.4, 0.5) is 5.69 Å². The van der Waals surface area contributed by atoms with Gasteiger partial charge in [0, 0.05) is 34.7 Å². The van der Waals surface area contributed by atoms with Gasteiger partial charge in [-0.1, -0.05) is 65.3 Å². The highest BCUT2D eigenvalue weighted by Gasteiger charge is 2.36. The SMILES string of the molecule is CC1(CBr)C=NC(c2ccccc2)=NC1c1cccc([N+](=O)[O-])c1. The highest BCUT2D eigenvalue weighted by Crippen LogP contribution is 2.40. The third-order valence-corrected chi connectivity index (χ3v) is 5.28. The van der Waals surface area contributed by atoms with Crippen LogP contribution in [0.15, 0.2) is 64.6 Å². The lowest BCUT2D eigenvalue weighted by atomic mass is 9.80. The predicted octanol–water partition coefficient (Wildman–Crippen LogP) is 4.57. The Hall–Kier alpha value is -2.34. The molecule has 0 N–H and O–H groups in total. The van der Waals surface area contributed by atoms with Crippen LogP contribution in [-0.2, 0) is 0 Å². The highest BCUT2D eigenvalue weighted by molar-refractivity contribution is 9.09. The minimum absolute atomic E-state index is 0.0726. The summed E-state index contributed by atoms with van der Waals surface area (Å²) in [7, 11) is 0. The Morgan fingerprint density at radius 2 is 1.96 bits per heavy atom. The van der Waals surface area contributed by atoms with E-state index in [2.05, 4.69) is 20.9 Å². The second kappa shape index (κ2) is 6.65. The molecule has 1 heterocycles. The molecule has 2 atom stereocenters. The molecule has 0 bridgehead atoms. The molecule has 0 aromatic heterocycles. The van der Waals surface area contributed by atoms with Crippen molar-refractivity contribution in [2.75, 3.05) is 5.33 Å². The average Bonchev–Trinajstić information content (AvgIpc) is 2.63. The van der Waals surface area contributed by atoms with Crippen LogP contribution in [0.25, 0.3) is 0 Å². The molecule has 0 radical (unpaired) electrons. The number of nitro groups is 1. The van der Waals surface area contributed by atoms with Gasteiger partial charge in [-0.25, -0.2) is 4.99 Å². The number of nitro benzene ring substituents is 1. The van der Waals surface area contributed by atoms with Gasteiger partial charge in [-0.15, -0.1) is 0 Å². The fraction of sp³-hybridized carbons (Fsp3) is 0.222. The molecule has 0 amide bonds. The van der Waals surface area contributed by atoms with E-state index in [9.17, 15) is 10.1 Å². The fourth-order valence-electron chi connectivity index (χ4n) is 2.69. The summed E-state index contributed by atoms with van der Waals surface area (Å²) in [5.74, 6) is 0.644. The number of amidine groups is 1. The van der Waals surface area contributed by atoms with Crippen molar-refractivity contribution in [3.05, 3.63) is 75.8 Å². The topological polar surface area (TPSA) is 67.9 Å². The maximum Gasteiger partial charge on any atom is 0.269 e. The van der Waals surface area contributed by atoms with Gasteiger partial charge in [-0.2, -0.15) is 0 Å². The highest BCUT2D eigenvalue weighted by atomic mass is 79.9. The molecule has 24 heavy (non-hydrogen) atoms. The standard InChI is InChI=1S/C18H16BrN3O2/c1-18(11-19)12-20-17(13-6-3-2-4-7-13)21-16(18)14-8-5-9-15(10-14)22(23)24/h2-10,12,16H,11H2,1H3. The zero-order valence-corrected chi connectivity index (χ0v) is 14.7. The Morgan fingerprint density at radius 1 is 1.21 bits per heavy atom. The van der Waals surface area contributed by atoms with Gasteiger partial charge in [0.05, 0.1) is 11.0 Å². The Bertz CT molecular complexity index is 820. The van der Waals surface area contributed by atoms with E-state index in [4.69, 9.17) is 4.99 Å². The second-order valence-corrected chi connectivity index (χ2v) is 6.53. The van der Waals surface area contributed by atoms with Crippen LogP contribution >= 0.6 is 15.9 Å². The molecule has 2 aromatic rings. The van der Waals surface area contributed by atoms with Crippen LogP contribution in [0.5, 0.6) is 0 Å². The number of hydrogen-bond acceptors (Lipinski definition) is 4. The molecule has 122 valence electrons. The van der Waals surface area contributed by atoms with Crippen LogP contribution in [0.3, 0.4) is 0 Å². The first-order valence-electron chi connectivity index (χ1n) is 7.52. The number of nitrogens with zero attached hydrogens (tertiary/aromatic N) is 3. The average molecular weight is 386 g/mol. The Kier molecular flexibility index (Phi) is 4.57. The lowest BCUT2D eigenvalue weighted by molar-refractivity contribution is -0.384. The van der Waals surface area contributed by atoms with Gasteiger partial charge in [0.1, 0.15) is 0 Å². The molecule has 6 heteroatoms. The van der Waals surface area contributed by atoms with E-state index in [1.54, 1.807) is 12.1 Å². The van der Waals surface area contributed by atoms with Gasteiger partial charge in [0.2, 0.25) is 0 Å². The van der Waals surface area contributed by atoms with Gasteiger partial charge in [0.25, 0.3) is 5.69 Å². The largest absolute Gasteiger partial charge is 0.269 e. The number of hydrogen-bond donors (Lipinski definition) is 0. The third kappa shape index (κ3) is 3.14. The molecular formula is C18H16BrN3O2. The molecule has 1 aliphatic heterocycles. The molecule has 2 unspecified atom stereocenters. The second-order valence-electron chi connectivity index (χ2n) is 5.97. The fourth-order valence-corrected chi connectivity index (χ4v) is 3.14. The first-order valence-corrected chi connectivity index (χ1v) is 8.64. The molecule has 3 rings (SSSR count). The van der Waals surface area contributed by atoms with E-state index >= 15 is 0 Å². The normalized spacial score (nSPS) is 22.9. The molecule has 5 nitrogen and oxygen atoms in total.